The van der Waals surface area contributed by atoms with Gasteiger partial charge in [-0.3, -0.25) is 4.79 Å². The smallest absolute Gasteiger partial charge is 0.422 e. The van der Waals surface area contributed by atoms with Crippen molar-refractivity contribution in [2.75, 3.05) is 19.7 Å². The second kappa shape index (κ2) is 7.98. The minimum Gasteiger partial charge on any atom is -0.467 e. The summed E-state index contributed by atoms with van der Waals surface area (Å²) in [6.07, 6.45) is -1.48. The molecule has 152 valence electrons. The largest absolute Gasteiger partial charge is 0.467 e. The molecule has 0 N–H and O–H groups in total. The van der Waals surface area contributed by atoms with E-state index in [1.54, 1.807) is 16.2 Å². The number of ether oxygens (including phenoxy) is 1. The van der Waals surface area contributed by atoms with E-state index in [1.807, 2.05) is 24.3 Å². The van der Waals surface area contributed by atoms with E-state index in [9.17, 15) is 18.0 Å². The molecular weight excluding hydrogens is 403 g/mol. The van der Waals surface area contributed by atoms with E-state index >= 15 is 0 Å². The van der Waals surface area contributed by atoms with E-state index in [1.165, 1.54) is 18.3 Å². The van der Waals surface area contributed by atoms with Crippen LogP contribution < -0.4 is 4.74 Å². The van der Waals surface area contributed by atoms with E-state index < -0.39 is 12.8 Å². The fraction of sp³-hybridized carbons (Fsp3) is 0.350. The summed E-state index contributed by atoms with van der Waals surface area (Å²) in [4.78, 5) is 23.2. The number of fused-ring (bicyclic) bond motifs is 1. The highest BCUT2D eigenvalue weighted by atomic mass is 32.1. The van der Waals surface area contributed by atoms with Crippen molar-refractivity contribution >= 4 is 27.5 Å². The highest BCUT2D eigenvalue weighted by Crippen LogP contribution is 2.34. The van der Waals surface area contributed by atoms with Crippen LogP contribution in [-0.4, -0.2) is 46.6 Å². The molecule has 5 nitrogen and oxygen atoms in total. The van der Waals surface area contributed by atoms with Crippen molar-refractivity contribution in [1.82, 2.24) is 14.9 Å². The molecule has 1 aliphatic rings. The molecule has 9 heteroatoms. The number of halogens is 3. The number of rotatable bonds is 4. The second-order valence-electron chi connectivity index (χ2n) is 6.87. The topological polar surface area (TPSA) is 55.3 Å². The minimum absolute atomic E-state index is 0.0432. The van der Waals surface area contributed by atoms with Crippen LogP contribution in [0.3, 0.4) is 0 Å². The van der Waals surface area contributed by atoms with E-state index in [0.717, 1.165) is 28.1 Å². The van der Waals surface area contributed by atoms with Crippen LogP contribution in [0.1, 0.15) is 34.1 Å². The summed E-state index contributed by atoms with van der Waals surface area (Å²) in [5.41, 5.74) is 0.979. The third-order valence-corrected chi connectivity index (χ3v) is 5.94. The van der Waals surface area contributed by atoms with Crippen molar-refractivity contribution in [3.63, 3.8) is 0 Å². The van der Waals surface area contributed by atoms with Crippen molar-refractivity contribution in [2.45, 2.75) is 24.9 Å². The normalized spacial score (nSPS) is 17.5. The van der Waals surface area contributed by atoms with Crippen molar-refractivity contribution in [1.29, 1.82) is 0 Å². The lowest BCUT2D eigenvalue weighted by atomic mass is 9.98. The van der Waals surface area contributed by atoms with Gasteiger partial charge >= 0.3 is 6.18 Å². The number of hydrogen-bond acceptors (Lipinski definition) is 5. The van der Waals surface area contributed by atoms with Crippen molar-refractivity contribution in [2.24, 2.45) is 0 Å². The maximum atomic E-state index is 13.0. The van der Waals surface area contributed by atoms with Crippen LogP contribution in [-0.2, 0) is 0 Å². The monoisotopic (exact) mass is 421 g/mol. The van der Waals surface area contributed by atoms with Gasteiger partial charge in [-0.25, -0.2) is 9.97 Å². The molecule has 3 aromatic rings. The van der Waals surface area contributed by atoms with Gasteiger partial charge in [-0.05, 0) is 37.1 Å². The Hall–Kier alpha value is -2.68. The number of amides is 1. The molecule has 0 spiro atoms. The molecule has 2 aromatic heterocycles. The van der Waals surface area contributed by atoms with Gasteiger partial charge in [0.2, 0.25) is 5.88 Å². The lowest BCUT2D eigenvalue weighted by molar-refractivity contribution is -0.154. The van der Waals surface area contributed by atoms with Gasteiger partial charge in [-0.2, -0.15) is 13.2 Å². The first-order valence-corrected chi connectivity index (χ1v) is 10.0. The SMILES string of the molecule is O=C(c1cccnc1OCC(F)(F)F)N1CCCC(c2nc3ccccc3s2)C1. The number of likely N-dealkylation sites (tertiary alicyclic amines) is 1. The zero-order valence-corrected chi connectivity index (χ0v) is 16.2. The van der Waals surface area contributed by atoms with Crippen molar-refractivity contribution < 1.29 is 22.7 Å². The minimum atomic E-state index is -4.50. The summed E-state index contributed by atoms with van der Waals surface area (Å²) < 4.78 is 43.4. The van der Waals surface area contributed by atoms with Gasteiger partial charge in [-0.1, -0.05) is 12.1 Å². The fourth-order valence-electron chi connectivity index (χ4n) is 3.42. The molecular formula is C20H18F3N3O2S. The number of pyridine rings is 1. The third-order valence-electron chi connectivity index (χ3n) is 4.74. The highest BCUT2D eigenvalue weighted by Gasteiger charge is 2.32. The fourth-order valence-corrected chi connectivity index (χ4v) is 4.51. The number of alkyl halides is 3. The molecule has 1 unspecified atom stereocenters. The summed E-state index contributed by atoms with van der Waals surface area (Å²) in [5, 5.41) is 0.975. The van der Waals surface area contributed by atoms with Gasteiger partial charge in [0.1, 0.15) is 5.56 Å². The van der Waals surface area contributed by atoms with E-state index in [2.05, 4.69) is 4.98 Å². The van der Waals surface area contributed by atoms with Gasteiger partial charge in [0.05, 0.1) is 15.2 Å². The number of thiazole rings is 1. The van der Waals surface area contributed by atoms with Crippen LogP contribution in [0.25, 0.3) is 10.2 Å². The van der Waals surface area contributed by atoms with Crippen molar-refractivity contribution in [3.8, 4) is 5.88 Å². The number of hydrogen-bond donors (Lipinski definition) is 0. The molecule has 0 radical (unpaired) electrons. The molecule has 3 heterocycles. The standard InChI is InChI=1S/C20H18F3N3O2S/c21-20(22,23)12-28-17-14(6-3-9-24-17)19(27)26-10-4-5-13(11-26)18-25-15-7-1-2-8-16(15)29-18/h1-3,6-9,13H,4-5,10-12H2. The summed E-state index contributed by atoms with van der Waals surface area (Å²) in [6.45, 7) is -0.487. The predicted molar refractivity (Wildman–Crippen MR) is 103 cm³/mol. The lowest BCUT2D eigenvalue weighted by Gasteiger charge is -2.32. The first-order chi connectivity index (χ1) is 13.9. The average molecular weight is 421 g/mol. The summed E-state index contributed by atoms with van der Waals surface area (Å²) in [5.74, 6) is -0.570. The van der Waals surface area contributed by atoms with Gasteiger partial charge in [0.15, 0.2) is 6.61 Å². The molecule has 1 atom stereocenters. The summed E-state index contributed by atoms with van der Waals surface area (Å²) in [7, 11) is 0. The van der Waals surface area contributed by atoms with Gasteiger partial charge in [0.25, 0.3) is 5.91 Å². The Labute approximate surface area is 169 Å². The maximum Gasteiger partial charge on any atom is 0.422 e. The second-order valence-corrected chi connectivity index (χ2v) is 7.93. The molecule has 1 aromatic carbocycles. The van der Waals surface area contributed by atoms with Gasteiger partial charge < -0.3 is 9.64 Å². The van der Waals surface area contributed by atoms with Crippen LogP contribution in [0.15, 0.2) is 42.6 Å². The molecule has 29 heavy (non-hydrogen) atoms. The van der Waals surface area contributed by atoms with E-state index in [4.69, 9.17) is 9.72 Å². The molecule has 0 aliphatic carbocycles. The van der Waals surface area contributed by atoms with E-state index in [-0.39, 0.29) is 23.3 Å². The Bertz CT molecular complexity index is 988. The van der Waals surface area contributed by atoms with Crippen molar-refractivity contribution in [3.05, 3.63) is 53.2 Å². The Morgan fingerprint density at radius 1 is 1.24 bits per heavy atom. The number of piperidine rings is 1. The molecule has 1 aliphatic heterocycles. The first kappa shape index (κ1) is 19.6. The maximum absolute atomic E-state index is 13.0. The van der Waals surface area contributed by atoms with Crippen LogP contribution in [0.2, 0.25) is 0 Å². The predicted octanol–water partition coefficient (Wildman–Crippen LogP) is 4.65. The molecule has 0 saturated carbocycles. The summed E-state index contributed by atoms with van der Waals surface area (Å²) >= 11 is 1.62. The lowest BCUT2D eigenvalue weighted by Crippen LogP contribution is -2.39. The van der Waals surface area contributed by atoms with Crippen LogP contribution in [0.4, 0.5) is 13.2 Å². The number of nitrogens with zero attached hydrogens (tertiary/aromatic N) is 3. The average Bonchev–Trinajstić information content (AvgIpc) is 3.16. The molecule has 1 fully saturated rings. The van der Waals surface area contributed by atoms with Gasteiger partial charge in [0, 0.05) is 25.2 Å². The Morgan fingerprint density at radius 3 is 2.86 bits per heavy atom. The van der Waals surface area contributed by atoms with E-state index in [0.29, 0.717) is 13.1 Å². The third kappa shape index (κ3) is 4.50. The Balaban J connectivity index is 1.52. The quantitative estimate of drug-likeness (QED) is 0.615. The zero-order chi connectivity index (χ0) is 20.4. The van der Waals surface area contributed by atoms with Gasteiger partial charge in [-0.15, -0.1) is 11.3 Å². The summed E-state index contributed by atoms with van der Waals surface area (Å²) in [6, 6.07) is 10.8. The Kier molecular flexibility index (Phi) is 5.40. The first-order valence-electron chi connectivity index (χ1n) is 9.20. The van der Waals surface area contributed by atoms with Crippen LogP contribution in [0, 0.1) is 0 Å². The number of carbonyl (C=O) groups is 1. The highest BCUT2D eigenvalue weighted by molar-refractivity contribution is 7.18. The molecule has 1 amide bonds. The van der Waals surface area contributed by atoms with Crippen LogP contribution in [0.5, 0.6) is 5.88 Å². The number of carbonyl (C=O) groups excluding carboxylic acids is 1. The molecule has 0 bridgehead atoms. The molecule has 4 rings (SSSR count). The number of aromatic nitrogens is 2. The number of benzene rings is 1. The molecule has 1 saturated heterocycles. The Morgan fingerprint density at radius 2 is 2.07 bits per heavy atom. The van der Waals surface area contributed by atoms with Crippen LogP contribution >= 0.6 is 11.3 Å². The zero-order valence-electron chi connectivity index (χ0n) is 15.4. The number of para-hydroxylation sites is 1.